The fourth-order valence-electron chi connectivity index (χ4n) is 2.75. The summed E-state index contributed by atoms with van der Waals surface area (Å²) < 4.78 is 93.4. The van der Waals surface area contributed by atoms with Gasteiger partial charge in [-0.15, -0.1) is 0 Å². The molecule has 0 unspecified atom stereocenters. The molecule has 0 aromatic heterocycles. The molecule has 2 rings (SSSR count). The molecule has 0 fully saturated rings. The van der Waals surface area contributed by atoms with Crippen LogP contribution in [0.3, 0.4) is 0 Å². The van der Waals surface area contributed by atoms with Crippen LogP contribution in [0.15, 0.2) is 24.0 Å². The van der Waals surface area contributed by atoms with E-state index in [0.29, 0.717) is 6.07 Å². The third-order valence-electron chi connectivity index (χ3n) is 4.29. The van der Waals surface area contributed by atoms with Gasteiger partial charge in [0.25, 0.3) is 0 Å². The maximum Gasteiger partial charge on any atom is 0.428 e. The highest BCUT2D eigenvalue weighted by atomic mass is 19.4. The summed E-state index contributed by atoms with van der Waals surface area (Å²) in [4.78, 5) is 12.2. The minimum Gasteiger partial charge on any atom is -0.470 e. The van der Waals surface area contributed by atoms with Crippen LogP contribution in [-0.4, -0.2) is 31.0 Å². The largest absolute Gasteiger partial charge is 0.470 e. The standard InChI is InChI=1S/C17H16F6O4/c1-4-25-14(24)13-12(8(2)16(3,27-13)17(21,22)23)10-6-5-9(18)7-11(10)26-15(19)20/h5-8,15H,4H2,1-3H3/t8-,16+/m1/s1. The molecule has 10 heteroatoms. The summed E-state index contributed by atoms with van der Waals surface area (Å²) in [5.74, 6) is -5.14. The first-order valence-electron chi connectivity index (χ1n) is 7.84. The third-order valence-corrected chi connectivity index (χ3v) is 4.29. The van der Waals surface area contributed by atoms with Crippen LogP contribution in [0.2, 0.25) is 0 Å². The van der Waals surface area contributed by atoms with E-state index in [9.17, 15) is 31.1 Å². The molecule has 1 aromatic carbocycles. The van der Waals surface area contributed by atoms with E-state index in [-0.39, 0.29) is 17.7 Å². The summed E-state index contributed by atoms with van der Waals surface area (Å²) >= 11 is 0. The molecule has 0 saturated heterocycles. The quantitative estimate of drug-likeness (QED) is 0.533. The van der Waals surface area contributed by atoms with Crippen LogP contribution >= 0.6 is 0 Å². The molecule has 0 amide bonds. The fourth-order valence-corrected chi connectivity index (χ4v) is 2.75. The normalized spacial score (nSPS) is 22.8. The molecular weight excluding hydrogens is 382 g/mol. The molecule has 1 aliphatic heterocycles. The first-order chi connectivity index (χ1) is 12.4. The smallest absolute Gasteiger partial charge is 0.428 e. The maximum atomic E-state index is 13.6. The Labute approximate surface area is 150 Å². The topological polar surface area (TPSA) is 44.8 Å². The molecule has 0 bridgehead atoms. The second kappa shape index (κ2) is 7.32. The molecule has 0 spiro atoms. The first-order valence-corrected chi connectivity index (χ1v) is 7.84. The van der Waals surface area contributed by atoms with Crippen molar-refractivity contribution in [3.63, 3.8) is 0 Å². The van der Waals surface area contributed by atoms with Gasteiger partial charge in [-0.1, -0.05) is 6.92 Å². The van der Waals surface area contributed by atoms with Crippen molar-refractivity contribution in [2.45, 2.75) is 39.2 Å². The second-order valence-electron chi connectivity index (χ2n) is 5.91. The number of alkyl halides is 5. The van der Waals surface area contributed by atoms with E-state index < -0.39 is 47.6 Å². The van der Waals surface area contributed by atoms with Gasteiger partial charge in [-0.2, -0.15) is 22.0 Å². The molecule has 1 aliphatic rings. The molecular formula is C17H16F6O4. The summed E-state index contributed by atoms with van der Waals surface area (Å²) in [5, 5.41) is 0. The Morgan fingerprint density at radius 1 is 1.33 bits per heavy atom. The zero-order valence-electron chi connectivity index (χ0n) is 14.5. The third kappa shape index (κ3) is 3.84. The van der Waals surface area contributed by atoms with Crippen molar-refractivity contribution in [3.8, 4) is 5.75 Å². The first kappa shape index (κ1) is 20.9. The van der Waals surface area contributed by atoms with Crippen molar-refractivity contribution in [2.24, 2.45) is 5.92 Å². The molecule has 0 saturated carbocycles. The summed E-state index contributed by atoms with van der Waals surface area (Å²) in [6.45, 7) is -0.238. The van der Waals surface area contributed by atoms with Gasteiger partial charge < -0.3 is 14.2 Å². The van der Waals surface area contributed by atoms with Crippen molar-refractivity contribution < 1.29 is 45.3 Å². The van der Waals surface area contributed by atoms with Gasteiger partial charge in [-0.05, 0) is 26.0 Å². The molecule has 0 aliphatic carbocycles. The van der Waals surface area contributed by atoms with Crippen LogP contribution < -0.4 is 4.74 Å². The van der Waals surface area contributed by atoms with Crippen LogP contribution in [0.5, 0.6) is 5.75 Å². The number of hydrogen-bond donors (Lipinski definition) is 0. The van der Waals surface area contributed by atoms with Crippen LogP contribution in [0.1, 0.15) is 26.3 Å². The summed E-state index contributed by atoms with van der Waals surface area (Å²) in [6, 6.07) is 2.39. The molecule has 4 nitrogen and oxygen atoms in total. The van der Waals surface area contributed by atoms with Crippen molar-refractivity contribution in [1.29, 1.82) is 0 Å². The molecule has 27 heavy (non-hydrogen) atoms. The van der Waals surface area contributed by atoms with Gasteiger partial charge in [0.2, 0.25) is 11.4 Å². The average Bonchev–Trinajstić information content (AvgIpc) is 2.80. The number of rotatable bonds is 5. The van der Waals surface area contributed by atoms with Gasteiger partial charge in [-0.25, -0.2) is 9.18 Å². The van der Waals surface area contributed by atoms with E-state index in [4.69, 9.17) is 9.47 Å². The molecule has 150 valence electrons. The molecule has 0 N–H and O–H groups in total. The highest BCUT2D eigenvalue weighted by Crippen LogP contribution is 2.53. The monoisotopic (exact) mass is 398 g/mol. The van der Waals surface area contributed by atoms with Crippen LogP contribution in [-0.2, 0) is 14.3 Å². The zero-order valence-corrected chi connectivity index (χ0v) is 14.5. The maximum absolute atomic E-state index is 13.6. The van der Waals surface area contributed by atoms with Crippen LogP contribution in [0.25, 0.3) is 5.57 Å². The number of halogens is 6. The van der Waals surface area contributed by atoms with Gasteiger partial charge in [0.15, 0.2) is 0 Å². The fraction of sp³-hybridized carbons (Fsp3) is 0.471. The van der Waals surface area contributed by atoms with E-state index in [2.05, 4.69) is 4.74 Å². The Hall–Kier alpha value is -2.39. The minimum absolute atomic E-state index is 0.153. The van der Waals surface area contributed by atoms with Crippen molar-refractivity contribution in [3.05, 3.63) is 35.3 Å². The lowest BCUT2D eigenvalue weighted by atomic mass is 9.82. The summed E-state index contributed by atoms with van der Waals surface area (Å²) in [6.07, 6.45) is -4.89. The van der Waals surface area contributed by atoms with E-state index in [0.717, 1.165) is 26.0 Å². The Bertz CT molecular complexity index is 758. The Kier molecular flexibility index (Phi) is 5.67. The van der Waals surface area contributed by atoms with Gasteiger partial charge in [0.05, 0.1) is 6.61 Å². The zero-order chi connectivity index (χ0) is 20.6. The summed E-state index contributed by atoms with van der Waals surface area (Å²) in [7, 11) is 0. The minimum atomic E-state index is -4.89. The number of hydrogen-bond acceptors (Lipinski definition) is 4. The number of benzene rings is 1. The lowest BCUT2D eigenvalue weighted by Gasteiger charge is -2.32. The van der Waals surface area contributed by atoms with Crippen molar-refractivity contribution >= 4 is 11.5 Å². The highest BCUT2D eigenvalue weighted by Gasteiger charge is 2.63. The van der Waals surface area contributed by atoms with Gasteiger partial charge in [0.1, 0.15) is 11.6 Å². The Morgan fingerprint density at radius 3 is 2.48 bits per heavy atom. The van der Waals surface area contributed by atoms with Crippen LogP contribution in [0, 0.1) is 11.7 Å². The number of ether oxygens (including phenoxy) is 3. The number of carbonyl (C=O) groups is 1. The van der Waals surface area contributed by atoms with Crippen molar-refractivity contribution in [1.82, 2.24) is 0 Å². The van der Waals surface area contributed by atoms with Crippen molar-refractivity contribution in [2.75, 3.05) is 6.61 Å². The second-order valence-corrected chi connectivity index (χ2v) is 5.91. The Balaban J connectivity index is 2.68. The van der Waals surface area contributed by atoms with E-state index in [1.54, 1.807) is 0 Å². The molecule has 0 radical (unpaired) electrons. The number of esters is 1. The van der Waals surface area contributed by atoms with Gasteiger partial charge in [-0.3, -0.25) is 0 Å². The van der Waals surface area contributed by atoms with E-state index in [1.165, 1.54) is 6.92 Å². The molecule has 1 heterocycles. The number of carbonyl (C=O) groups excluding carboxylic acids is 1. The average molecular weight is 398 g/mol. The predicted octanol–water partition coefficient (Wildman–Crippen LogP) is 4.69. The van der Waals surface area contributed by atoms with Crippen LogP contribution in [0.4, 0.5) is 26.3 Å². The molecule has 2 atom stereocenters. The summed E-state index contributed by atoms with van der Waals surface area (Å²) in [5.41, 5.74) is -3.50. The van der Waals surface area contributed by atoms with Gasteiger partial charge >= 0.3 is 18.8 Å². The predicted molar refractivity (Wildman–Crippen MR) is 81.3 cm³/mol. The van der Waals surface area contributed by atoms with Gasteiger partial charge in [0, 0.05) is 23.1 Å². The Morgan fingerprint density at radius 2 is 1.96 bits per heavy atom. The van der Waals surface area contributed by atoms with E-state index >= 15 is 0 Å². The SMILES string of the molecule is CCOC(=O)C1=C(c2ccc(F)cc2OC(F)F)[C@@H](C)[C@@](C)(C(F)(F)F)O1. The lowest BCUT2D eigenvalue weighted by Crippen LogP contribution is -2.47. The molecule has 1 aromatic rings. The lowest BCUT2D eigenvalue weighted by molar-refractivity contribution is -0.262. The van der Waals surface area contributed by atoms with E-state index in [1.807, 2.05) is 0 Å². The highest BCUT2D eigenvalue weighted by molar-refractivity contribution is 5.98.